The summed E-state index contributed by atoms with van der Waals surface area (Å²) in [7, 11) is 0. The number of hydrogen-bond acceptors (Lipinski definition) is 4. The van der Waals surface area contributed by atoms with Crippen LogP contribution in [0.5, 0.6) is 0 Å². The Balaban J connectivity index is 1.57. The summed E-state index contributed by atoms with van der Waals surface area (Å²) in [5.74, 6) is -0.278. The van der Waals surface area contributed by atoms with Crippen LogP contribution in [0.2, 0.25) is 0 Å². The number of amides is 3. The lowest BCUT2D eigenvalue weighted by Gasteiger charge is -2.16. The zero-order valence-electron chi connectivity index (χ0n) is 17.5. The summed E-state index contributed by atoms with van der Waals surface area (Å²) in [6.07, 6.45) is 2.48. The number of carbonyl (C=O) groups is 3. The van der Waals surface area contributed by atoms with Crippen molar-refractivity contribution in [3.63, 3.8) is 0 Å². The van der Waals surface area contributed by atoms with Gasteiger partial charge in [0.1, 0.15) is 0 Å². The highest BCUT2D eigenvalue weighted by Gasteiger charge is 2.19. The normalized spacial score (nSPS) is 13.1. The summed E-state index contributed by atoms with van der Waals surface area (Å²) in [4.78, 5) is 38.4. The molecule has 3 rings (SSSR count). The molecule has 7 nitrogen and oxygen atoms in total. The van der Waals surface area contributed by atoms with Gasteiger partial charge in [0.25, 0.3) is 5.91 Å². The van der Waals surface area contributed by atoms with Crippen molar-refractivity contribution in [2.75, 3.05) is 35.6 Å². The lowest BCUT2D eigenvalue weighted by Crippen LogP contribution is -2.27. The molecular formula is C23H28N4O3. The van der Waals surface area contributed by atoms with Gasteiger partial charge in [0.15, 0.2) is 0 Å². The second-order valence-corrected chi connectivity index (χ2v) is 7.41. The second kappa shape index (κ2) is 9.91. The number of nitrogens with zero attached hydrogens (tertiary/aromatic N) is 1. The number of anilines is 3. The maximum absolute atomic E-state index is 12.5. The first-order valence-corrected chi connectivity index (χ1v) is 10.3. The van der Waals surface area contributed by atoms with Crippen LogP contribution in [-0.4, -0.2) is 42.3 Å². The van der Waals surface area contributed by atoms with Gasteiger partial charge in [-0.25, -0.2) is 0 Å². The van der Waals surface area contributed by atoms with Crippen LogP contribution in [0, 0.1) is 6.92 Å². The zero-order chi connectivity index (χ0) is 21.5. The molecule has 30 heavy (non-hydrogen) atoms. The van der Waals surface area contributed by atoms with Crippen LogP contribution < -0.4 is 16.0 Å². The van der Waals surface area contributed by atoms with Crippen LogP contribution in [0.1, 0.15) is 42.1 Å². The third-order valence-corrected chi connectivity index (χ3v) is 5.07. The van der Waals surface area contributed by atoms with Crippen LogP contribution >= 0.6 is 0 Å². The summed E-state index contributed by atoms with van der Waals surface area (Å²) in [6, 6.07) is 12.6. The van der Waals surface area contributed by atoms with Crippen molar-refractivity contribution in [1.82, 2.24) is 4.90 Å². The molecule has 0 saturated carbocycles. The molecule has 2 aromatic rings. The van der Waals surface area contributed by atoms with Gasteiger partial charge < -0.3 is 20.9 Å². The van der Waals surface area contributed by atoms with E-state index >= 15 is 0 Å². The molecule has 1 fully saturated rings. The van der Waals surface area contributed by atoms with E-state index in [1.807, 2.05) is 30.0 Å². The Morgan fingerprint density at radius 1 is 0.933 bits per heavy atom. The lowest BCUT2D eigenvalue weighted by molar-refractivity contribution is -0.116. The van der Waals surface area contributed by atoms with Gasteiger partial charge in [0.05, 0.1) is 6.54 Å². The van der Waals surface area contributed by atoms with Gasteiger partial charge in [-0.15, -0.1) is 0 Å². The number of benzene rings is 2. The largest absolute Gasteiger partial charge is 0.376 e. The van der Waals surface area contributed by atoms with Crippen LogP contribution in [0.25, 0.3) is 0 Å². The van der Waals surface area contributed by atoms with E-state index in [0.29, 0.717) is 17.7 Å². The number of hydrogen-bond donors (Lipinski definition) is 3. The summed E-state index contributed by atoms with van der Waals surface area (Å²) >= 11 is 0. The Kier molecular flexibility index (Phi) is 7.06. The fourth-order valence-electron chi connectivity index (χ4n) is 3.33. The average Bonchev–Trinajstić information content (AvgIpc) is 3.28. The quantitative estimate of drug-likeness (QED) is 0.653. The lowest BCUT2D eigenvalue weighted by atomic mass is 10.1. The molecule has 1 aliphatic rings. The number of carbonyl (C=O) groups excluding carboxylic acids is 3. The van der Waals surface area contributed by atoms with Crippen LogP contribution in [0.4, 0.5) is 17.1 Å². The molecule has 0 atom stereocenters. The first-order valence-electron chi connectivity index (χ1n) is 10.3. The Morgan fingerprint density at radius 3 is 2.43 bits per heavy atom. The van der Waals surface area contributed by atoms with Gasteiger partial charge in [0.2, 0.25) is 11.8 Å². The third kappa shape index (κ3) is 5.59. The topological polar surface area (TPSA) is 90.5 Å². The van der Waals surface area contributed by atoms with Gasteiger partial charge >= 0.3 is 0 Å². The van der Waals surface area contributed by atoms with E-state index in [9.17, 15) is 14.4 Å². The Morgan fingerprint density at radius 2 is 1.70 bits per heavy atom. The number of aryl methyl sites for hydroxylation is 1. The van der Waals surface area contributed by atoms with Crippen LogP contribution in [-0.2, 0) is 9.59 Å². The van der Waals surface area contributed by atoms with E-state index in [2.05, 4.69) is 16.0 Å². The van der Waals surface area contributed by atoms with E-state index < -0.39 is 0 Å². The van der Waals surface area contributed by atoms with Gasteiger partial charge in [-0.2, -0.15) is 0 Å². The number of nitrogens with one attached hydrogen (secondary N) is 3. The highest BCUT2D eigenvalue weighted by Crippen LogP contribution is 2.21. The van der Waals surface area contributed by atoms with Crippen molar-refractivity contribution in [2.45, 2.75) is 33.1 Å². The molecule has 2 aromatic carbocycles. The predicted octanol–water partition coefficient (Wildman–Crippen LogP) is 3.63. The van der Waals surface area contributed by atoms with E-state index in [1.165, 1.54) is 0 Å². The average molecular weight is 409 g/mol. The summed E-state index contributed by atoms with van der Waals surface area (Å²) in [5.41, 5.74) is 3.58. The molecule has 1 aliphatic heterocycles. The first kappa shape index (κ1) is 21.4. The smallest absolute Gasteiger partial charge is 0.253 e. The SMILES string of the molecule is CCC(=O)Nc1cc(NCC(=O)Nc2cccc(C(=O)N3CCCC3)c2)ccc1C. The van der Waals surface area contributed by atoms with Gasteiger partial charge in [-0.3, -0.25) is 14.4 Å². The van der Waals surface area contributed by atoms with Gasteiger partial charge in [-0.05, 0) is 55.7 Å². The summed E-state index contributed by atoms with van der Waals surface area (Å²) in [6.45, 7) is 5.35. The van der Waals surface area contributed by atoms with E-state index in [4.69, 9.17) is 0 Å². The highest BCUT2D eigenvalue weighted by atomic mass is 16.2. The summed E-state index contributed by atoms with van der Waals surface area (Å²) < 4.78 is 0. The Labute approximate surface area is 176 Å². The van der Waals surface area contributed by atoms with E-state index in [-0.39, 0.29) is 24.3 Å². The van der Waals surface area contributed by atoms with Gasteiger partial charge in [0, 0.05) is 42.1 Å². The fraction of sp³-hybridized carbons (Fsp3) is 0.348. The molecule has 1 heterocycles. The molecule has 158 valence electrons. The fourth-order valence-corrected chi connectivity index (χ4v) is 3.33. The molecule has 0 radical (unpaired) electrons. The minimum Gasteiger partial charge on any atom is -0.376 e. The molecule has 0 bridgehead atoms. The van der Waals surface area contributed by atoms with Crippen LogP contribution in [0.15, 0.2) is 42.5 Å². The monoisotopic (exact) mass is 408 g/mol. The maximum atomic E-state index is 12.5. The molecule has 0 spiro atoms. The van der Waals surface area contributed by atoms with Crippen molar-refractivity contribution in [1.29, 1.82) is 0 Å². The summed E-state index contributed by atoms with van der Waals surface area (Å²) in [5, 5.41) is 8.74. The predicted molar refractivity (Wildman–Crippen MR) is 119 cm³/mol. The van der Waals surface area contributed by atoms with Crippen molar-refractivity contribution in [3.8, 4) is 0 Å². The minimum absolute atomic E-state index is 0.00281. The molecule has 1 saturated heterocycles. The second-order valence-electron chi connectivity index (χ2n) is 7.41. The van der Waals surface area contributed by atoms with E-state index in [0.717, 1.165) is 42.9 Å². The molecular weight excluding hydrogens is 380 g/mol. The van der Waals surface area contributed by atoms with Crippen LogP contribution in [0.3, 0.4) is 0 Å². The number of likely N-dealkylation sites (tertiary alicyclic amines) is 1. The maximum Gasteiger partial charge on any atom is 0.253 e. The highest BCUT2D eigenvalue weighted by molar-refractivity contribution is 5.98. The number of rotatable bonds is 7. The Hall–Kier alpha value is -3.35. The zero-order valence-corrected chi connectivity index (χ0v) is 17.5. The molecule has 0 aromatic heterocycles. The molecule has 7 heteroatoms. The van der Waals surface area contributed by atoms with Gasteiger partial charge in [-0.1, -0.05) is 19.1 Å². The van der Waals surface area contributed by atoms with Crippen molar-refractivity contribution >= 4 is 34.8 Å². The standard InChI is InChI=1S/C23H28N4O3/c1-3-21(28)26-20-14-18(10-9-16(20)2)24-15-22(29)25-19-8-6-7-17(13-19)23(30)27-11-4-5-12-27/h6-10,13-14,24H,3-5,11-12,15H2,1-2H3,(H,25,29)(H,26,28). The third-order valence-electron chi connectivity index (χ3n) is 5.07. The molecule has 3 N–H and O–H groups in total. The van der Waals surface area contributed by atoms with Crippen molar-refractivity contribution in [2.24, 2.45) is 0 Å². The minimum atomic E-state index is -0.222. The Bertz CT molecular complexity index is 936. The molecule has 0 unspecified atom stereocenters. The van der Waals surface area contributed by atoms with Crippen molar-refractivity contribution < 1.29 is 14.4 Å². The molecule has 0 aliphatic carbocycles. The molecule has 3 amide bonds. The van der Waals surface area contributed by atoms with Crippen molar-refractivity contribution in [3.05, 3.63) is 53.6 Å². The van der Waals surface area contributed by atoms with E-state index in [1.54, 1.807) is 31.2 Å². The first-order chi connectivity index (χ1) is 14.5.